The Morgan fingerprint density at radius 3 is 2.38 bits per heavy atom. The van der Waals surface area contributed by atoms with Gasteiger partial charge in [-0.2, -0.15) is 13.2 Å². The third-order valence-electron chi connectivity index (χ3n) is 1.65. The number of hydrogen-bond acceptors (Lipinski definition) is 1. The van der Waals surface area contributed by atoms with Crippen LogP contribution in [0.1, 0.15) is 5.56 Å². The molecule has 1 aromatic carbocycles. The van der Waals surface area contributed by atoms with Gasteiger partial charge in [0.1, 0.15) is 0 Å². The number of benzene rings is 1. The van der Waals surface area contributed by atoms with E-state index >= 15 is 0 Å². The van der Waals surface area contributed by atoms with Crippen molar-refractivity contribution in [1.29, 1.82) is 0 Å². The maximum Gasteiger partial charge on any atom is 0.410 e. The van der Waals surface area contributed by atoms with E-state index in [1.54, 1.807) is 30.3 Å². The summed E-state index contributed by atoms with van der Waals surface area (Å²) in [6.07, 6.45) is -4.45. The molecule has 1 N–H and O–H groups in total. The number of aliphatic hydroxyl groups excluding tert-OH is 1. The molecule has 1 aromatic rings. The fourth-order valence-corrected chi connectivity index (χ4v) is 0.993. The molecular weight excluding hydrogens is 217 g/mol. The second-order valence-electron chi connectivity index (χ2n) is 2.99. The van der Waals surface area contributed by atoms with Crippen LogP contribution in [-0.4, -0.2) is 17.9 Å². The molecule has 0 aliphatic rings. The standard InChI is InChI=1S/C12H9F3O/c13-12(14,15)8-11(9-16)7-6-10-4-2-1-3-5-10/h1-5,8,16H,9H2/b11-8-. The summed E-state index contributed by atoms with van der Waals surface area (Å²) in [5, 5.41) is 8.70. The lowest BCUT2D eigenvalue weighted by molar-refractivity contribution is -0.0806. The molecule has 0 fully saturated rings. The maximum absolute atomic E-state index is 12.0. The van der Waals surface area contributed by atoms with Crippen molar-refractivity contribution in [3.8, 4) is 11.8 Å². The SMILES string of the molecule is OC/C(C#Cc1ccccc1)=C\C(F)(F)F. The third kappa shape index (κ3) is 4.67. The van der Waals surface area contributed by atoms with Gasteiger partial charge in [-0.25, -0.2) is 0 Å². The van der Waals surface area contributed by atoms with Gasteiger partial charge in [0.2, 0.25) is 0 Å². The number of hydrogen-bond donors (Lipinski definition) is 1. The molecule has 16 heavy (non-hydrogen) atoms. The summed E-state index contributed by atoms with van der Waals surface area (Å²) in [6, 6.07) is 8.60. The summed E-state index contributed by atoms with van der Waals surface area (Å²) < 4.78 is 35.9. The fraction of sp³-hybridized carbons (Fsp3) is 0.167. The van der Waals surface area contributed by atoms with Crippen molar-refractivity contribution in [3.05, 3.63) is 47.5 Å². The first kappa shape index (κ1) is 12.3. The lowest BCUT2D eigenvalue weighted by atomic mass is 10.2. The van der Waals surface area contributed by atoms with Crippen LogP contribution in [0.5, 0.6) is 0 Å². The predicted molar refractivity (Wildman–Crippen MR) is 54.5 cm³/mol. The Morgan fingerprint density at radius 2 is 1.88 bits per heavy atom. The molecule has 1 nitrogen and oxygen atoms in total. The van der Waals surface area contributed by atoms with Crippen LogP contribution in [0.25, 0.3) is 0 Å². The second-order valence-corrected chi connectivity index (χ2v) is 2.99. The Labute approximate surface area is 91.2 Å². The van der Waals surface area contributed by atoms with Gasteiger partial charge in [0.25, 0.3) is 0 Å². The molecule has 0 unspecified atom stereocenters. The number of aliphatic hydroxyl groups is 1. The van der Waals surface area contributed by atoms with Crippen molar-refractivity contribution in [3.63, 3.8) is 0 Å². The van der Waals surface area contributed by atoms with E-state index in [1.807, 2.05) is 0 Å². The van der Waals surface area contributed by atoms with Gasteiger partial charge >= 0.3 is 6.18 Å². The Hall–Kier alpha value is -1.73. The molecule has 1 rings (SSSR count). The summed E-state index contributed by atoms with van der Waals surface area (Å²) in [5.74, 6) is 4.82. The normalized spacial score (nSPS) is 11.9. The van der Waals surface area contributed by atoms with Crippen molar-refractivity contribution >= 4 is 0 Å². The van der Waals surface area contributed by atoms with Gasteiger partial charge in [0.15, 0.2) is 0 Å². The Kier molecular flexibility index (Phi) is 4.15. The summed E-state index contributed by atoms with van der Waals surface area (Å²) >= 11 is 0. The van der Waals surface area contributed by atoms with Crippen molar-refractivity contribution in [2.45, 2.75) is 6.18 Å². The van der Waals surface area contributed by atoms with E-state index in [4.69, 9.17) is 5.11 Å². The van der Waals surface area contributed by atoms with E-state index in [0.29, 0.717) is 5.56 Å². The van der Waals surface area contributed by atoms with Crippen LogP contribution in [0.15, 0.2) is 42.0 Å². The summed E-state index contributed by atoms with van der Waals surface area (Å²) in [4.78, 5) is 0. The molecule has 0 aliphatic heterocycles. The predicted octanol–water partition coefficient (Wildman–Crippen LogP) is 2.52. The molecule has 0 aromatic heterocycles. The van der Waals surface area contributed by atoms with E-state index in [1.165, 1.54) is 0 Å². The number of alkyl halides is 3. The largest absolute Gasteiger partial charge is 0.410 e. The molecule has 0 amide bonds. The van der Waals surface area contributed by atoms with E-state index in [0.717, 1.165) is 0 Å². The first-order valence-electron chi connectivity index (χ1n) is 4.47. The fourth-order valence-electron chi connectivity index (χ4n) is 0.993. The second kappa shape index (κ2) is 5.38. The van der Waals surface area contributed by atoms with E-state index in [9.17, 15) is 13.2 Å². The smallest absolute Gasteiger partial charge is 0.391 e. The van der Waals surface area contributed by atoms with Gasteiger partial charge in [-0.1, -0.05) is 30.0 Å². The summed E-state index contributed by atoms with van der Waals surface area (Å²) in [6.45, 7) is -0.723. The van der Waals surface area contributed by atoms with Crippen LogP contribution in [0, 0.1) is 11.8 Å². The van der Waals surface area contributed by atoms with Crippen LogP contribution in [0.2, 0.25) is 0 Å². The molecule has 0 aliphatic carbocycles. The summed E-state index contributed by atoms with van der Waals surface area (Å²) in [5.41, 5.74) is 0.250. The minimum Gasteiger partial charge on any atom is -0.391 e. The monoisotopic (exact) mass is 226 g/mol. The van der Waals surface area contributed by atoms with Gasteiger partial charge in [-0.3, -0.25) is 0 Å². The maximum atomic E-state index is 12.0. The minimum absolute atomic E-state index is 0.00292. The Bertz CT molecular complexity index is 421. The Balaban J connectivity index is 2.87. The Morgan fingerprint density at radius 1 is 1.25 bits per heavy atom. The molecule has 0 spiro atoms. The van der Waals surface area contributed by atoms with Crippen LogP contribution >= 0.6 is 0 Å². The van der Waals surface area contributed by atoms with Crippen molar-refractivity contribution < 1.29 is 18.3 Å². The molecule has 4 heteroatoms. The van der Waals surface area contributed by atoms with Gasteiger partial charge in [0, 0.05) is 17.2 Å². The van der Waals surface area contributed by atoms with Gasteiger partial charge < -0.3 is 5.11 Å². The molecule has 84 valence electrons. The van der Waals surface area contributed by atoms with Crippen LogP contribution in [0.3, 0.4) is 0 Å². The molecule has 0 atom stereocenters. The highest BCUT2D eigenvalue weighted by molar-refractivity contribution is 5.40. The average molecular weight is 226 g/mol. The highest BCUT2D eigenvalue weighted by Gasteiger charge is 2.23. The molecule has 0 radical (unpaired) electrons. The lowest BCUT2D eigenvalue weighted by Gasteiger charge is -1.99. The van der Waals surface area contributed by atoms with Crippen molar-refractivity contribution in [2.75, 3.05) is 6.61 Å². The van der Waals surface area contributed by atoms with E-state index in [2.05, 4.69) is 11.8 Å². The molecular formula is C12H9F3O. The first-order valence-corrected chi connectivity index (χ1v) is 4.47. The van der Waals surface area contributed by atoms with Crippen LogP contribution < -0.4 is 0 Å². The number of rotatable bonds is 1. The van der Waals surface area contributed by atoms with Crippen molar-refractivity contribution in [1.82, 2.24) is 0 Å². The lowest BCUT2D eigenvalue weighted by Crippen LogP contribution is -2.04. The molecule has 0 heterocycles. The van der Waals surface area contributed by atoms with Gasteiger partial charge in [-0.15, -0.1) is 0 Å². The van der Waals surface area contributed by atoms with E-state index in [-0.39, 0.29) is 11.6 Å². The third-order valence-corrected chi connectivity index (χ3v) is 1.65. The average Bonchev–Trinajstić information content (AvgIpc) is 2.24. The van der Waals surface area contributed by atoms with Gasteiger partial charge in [0.05, 0.1) is 6.61 Å². The minimum atomic E-state index is -4.45. The number of allylic oxidation sites excluding steroid dienone is 1. The zero-order valence-corrected chi connectivity index (χ0v) is 8.25. The van der Waals surface area contributed by atoms with Crippen LogP contribution in [-0.2, 0) is 0 Å². The van der Waals surface area contributed by atoms with Crippen LogP contribution in [0.4, 0.5) is 13.2 Å². The molecule has 0 saturated heterocycles. The molecule has 0 saturated carbocycles. The van der Waals surface area contributed by atoms with Gasteiger partial charge in [-0.05, 0) is 12.1 Å². The van der Waals surface area contributed by atoms with E-state index < -0.39 is 12.8 Å². The highest BCUT2D eigenvalue weighted by Crippen LogP contribution is 2.18. The highest BCUT2D eigenvalue weighted by atomic mass is 19.4. The zero-order valence-electron chi connectivity index (χ0n) is 8.25. The quantitative estimate of drug-likeness (QED) is 0.729. The summed E-state index contributed by atoms with van der Waals surface area (Å²) in [7, 11) is 0. The van der Waals surface area contributed by atoms with Crippen molar-refractivity contribution in [2.24, 2.45) is 0 Å². The topological polar surface area (TPSA) is 20.2 Å². The number of halogens is 3. The zero-order chi connectivity index (χ0) is 12.0. The molecule has 0 bridgehead atoms. The first-order chi connectivity index (χ1) is 7.51.